The molecule has 4 heterocycles. The highest BCUT2D eigenvalue weighted by Crippen LogP contribution is 2.41. The number of nitrogens with two attached hydrogens (primary N) is 1. The third-order valence-electron chi connectivity index (χ3n) is 5.23. The Morgan fingerprint density at radius 3 is 2.74 bits per heavy atom. The van der Waals surface area contributed by atoms with Crippen molar-refractivity contribution in [1.29, 1.82) is 0 Å². The minimum atomic E-state index is -1.34. The number of β-lactam (4-membered cyclic amide) rings is 1. The van der Waals surface area contributed by atoms with Crippen LogP contribution in [0.15, 0.2) is 45.0 Å². The lowest BCUT2D eigenvalue weighted by atomic mass is 10.0. The molecule has 0 aliphatic carbocycles. The molecular weight excluding hydrogens is 502 g/mol. The molecule has 0 spiro atoms. The van der Waals surface area contributed by atoms with E-state index in [1.54, 1.807) is 0 Å². The van der Waals surface area contributed by atoms with Gasteiger partial charge in [-0.1, -0.05) is 5.16 Å². The van der Waals surface area contributed by atoms with Crippen LogP contribution in [0, 0.1) is 0 Å². The molecule has 35 heavy (non-hydrogen) atoms. The summed E-state index contributed by atoms with van der Waals surface area (Å²) in [6, 6.07) is -1.00. The minimum Gasteiger partial charge on any atom is -0.492 e. The number of cyclic esters (lactones) is 1. The zero-order valence-corrected chi connectivity index (χ0v) is 20.2. The standard InChI is InChI=1S/C20H19N5O8S2/c1-7-14(31-2)10(33-19(7)30)4-8-5-34-17-12(16(27)25(17)13(8)18(28)29)23-15(26)11(24-32-3)9-6-35-20(21)22-9/h4,6,12,17H,5H2,1-3H3,(H2,21,22)(H,23,26)(H,28,29)/b10-4+,24-11-/t12-,17+/m1/s1. The fraction of sp³-hybridized carbons (Fsp3) is 0.300. The van der Waals surface area contributed by atoms with Gasteiger partial charge in [-0.3, -0.25) is 14.5 Å². The first-order chi connectivity index (χ1) is 16.7. The molecule has 184 valence electrons. The summed E-state index contributed by atoms with van der Waals surface area (Å²) in [6.45, 7) is 1.52. The summed E-state index contributed by atoms with van der Waals surface area (Å²) in [4.78, 5) is 59.5. The SMILES string of the molecule is CO/N=C(\C(=O)N[C@@H]1C(=O)N2C(C(=O)O)=C(/C=C3/OC(=O)C(C)=C3OC)CS[C@@H]12)c1csc(N)n1. The van der Waals surface area contributed by atoms with Crippen LogP contribution in [-0.4, -0.2) is 75.8 Å². The number of nitrogen functional groups attached to an aromatic ring is 1. The Morgan fingerprint density at radius 1 is 1.40 bits per heavy atom. The molecule has 0 aromatic carbocycles. The second-order valence-corrected chi connectivity index (χ2v) is 9.28. The van der Waals surface area contributed by atoms with E-state index < -0.39 is 35.2 Å². The van der Waals surface area contributed by atoms with E-state index in [-0.39, 0.29) is 50.7 Å². The van der Waals surface area contributed by atoms with Crippen LogP contribution in [0.3, 0.4) is 0 Å². The number of ether oxygens (including phenoxy) is 2. The first-order valence-electron chi connectivity index (χ1n) is 9.91. The van der Waals surface area contributed by atoms with Gasteiger partial charge in [-0.05, 0) is 18.6 Å². The molecule has 2 atom stereocenters. The Hall–Kier alpha value is -3.85. The summed E-state index contributed by atoms with van der Waals surface area (Å²) >= 11 is 2.34. The van der Waals surface area contributed by atoms with Gasteiger partial charge in [0, 0.05) is 11.1 Å². The van der Waals surface area contributed by atoms with Crippen molar-refractivity contribution in [3.05, 3.63) is 45.5 Å². The zero-order chi connectivity index (χ0) is 25.4. The number of hydrogen-bond acceptors (Lipinski definition) is 12. The Balaban J connectivity index is 1.58. The van der Waals surface area contributed by atoms with Crippen molar-refractivity contribution in [3.8, 4) is 0 Å². The van der Waals surface area contributed by atoms with Gasteiger partial charge < -0.3 is 30.5 Å². The third kappa shape index (κ3) is 4.23. The number of esters is 1. The van der Waals surface area contributed by atoms with E-state index in [0.717, 1.165) is 16.2 Å². The average molecular weight is 522 g/mol. The van der Waals surface area contributed by atoms with E-state index in [9.17, 15) is 24.3 Å². The van der Waals surface area contributed by atoms with Crippen LogP contribution >= 0.6 is 23.1 Å². The van der Waals surface area contributed by atoms with E-state index in [4.69, 9.17) is 20.0 Å². The van der Waals surface area contributed by atoms with Crippen molar-refractivity contribution < 1.29 is 38.6 Å². The summed E-state index contributed by atoms with van der Waals surface area (Å²) in [5.74, 6) is -2.89. The number of allylic oxidation sites excluding steroid dienone is 1. The number of carbonyl (C=O) groups is 4. The number of nitrogens with one attached hydrogen (secondary N) is 1. The molecule has 0 bridgehead atoms. The normalized spacial score (nSPS) is 23.2. The van der Waals surface area contributed by atoms with Gasteiger partial charge >= 0.3 is 11.9 Å². The Bertz CT molecular complexity index is 1260. The van der Waals surface area contributed by atoms with Crippen LogP contribution in [0.25, 0.3) is 0 Å². The summed E-state index contributed by atoms with van der Waals surface area (Å²) in [7, 11) is 2.61. The van der Waals surface area contributed by atoms with Gasteiger partial charge in [0.15, 0.2) is 22.4 Å². The highest BCUT2D eigenvalue weighted by molar-refractivity contribution is 8.00. The summed E-state index contributed by atoms with van der Waals surface area (Å²) in [6.07, 6.45) is 1.37. The molecule has 1 saturated heterocycles. The molecule has 13 nitrogen and oxygen atoms in total. The maximum absolute atomic E-state index is 12.9. The van der Waals surface area contributed by atoms with E-state index in [1.165, 1.54) is 44.4 Å². The number of fused-ring (bicyclic) bond motifs is 1. The minimum absolute atomic E-state index is 0.0589. The number of carboxylic acids is 1. The molecule has 3 aliphatic rings. The van der Waals surface area contributed by atoms with Crippen LogP contribution < -0.4 is 11.1 Å². The van der Waals surface area contributed by atoms with Crippen LogP contribution in [0.4, 0.5) is 5.13 Å². The second kappa shape index (κ2) is 9.42. The fourth-order valence-electron chi connectivity index (χ4n) is 3.66. The first-order valence-corrected chi connectivity index (χ1v) is 11.8. The molecule has 1 aromatic heterocycles. The highest BCUT2D eigenvalue weighted by atomic mass is 32.2. The largest absolute Gasteiger partial charge is 0.492 e. The predicted molar refractivity (Wildman–Crippen MR) is 124 cm³/mol. The van der Waals surface area contributed by atoms with Gasteiger partial charge in [0.1, 0.15) is 29.9 Å². The van der Waals surface area contributed by atoms with Gasteiger partial charge in [0.25, 0.3) is 11.8 Å². The fourth-order valence-corrected chi connectivity index (χ4v) is 5.52. The summed E-state index contributed by atoms with van der Waals surface area (Å²) in [5.41, 5.74) is 5.85. The van der Waals surface area contributed by atoms with Gasteiger partial charge in [-0.2, -0.15) is 0 Å². The number of aliphatic carboxylic acids is 1. The molecule has 1 aromatic rings. The number of nitrogens with zero attached hydrogens (tertiary/aromatic N) is 3. The summed E-state index contributed by atoms with van der Waals surface area (Å²) in [5, 5.41) is 17.2. The number of rotatable bonds is 7. The maximum Gasteiger partial charge on any atom is 0.352 e. The Kier molecular flexibility index (Phi) is 6.53. The lowest BCUT2D eigenvalue weighted by molar-refractivity contribution is -0.150. The van der Waals surface area contributed by atoms with Crippen molar-refractivity contribution in [2.75, 3.05) is 25.7 Å². The molecule has 2 amide bonds. The summed E-state index contributed by atoms with van der Waals surface area (Å²) < 4.78 is 10.4. The number of carbonyl (C=O) groups excluding carboxylic acids is 3. The molecule has 0 radical (unpaired) electrons. The molecule has 4 rings (SSSR count). The lowest BCUT2D eigenvalue weighted by Gasteiger charge is -2.49. The van der Waals surface area contributed by atoms with E-state index in [0.29, 0.717) is 0 Å². The van der Waals surface area contributed by atoms with Crippen molar-refractivity contribution in [2.24, 2.45) is 5.16 Å². The van der Waals surface area contributed by atoms with Crippen molar-refractivity contribution >= 4 is 57.7 Å². The molecule has 15 heteroatoms. The number of oxime groups is 1. The van der Waals surface area contributed by atoms with Gasteiger partial charge in [-0.25, -0.2) is 14.6 Å². The Labute approximate surface area is 206 Å². The number of amides is 2. The molecular formula is C20H19N5O8S2. The topological polar surface area (TPSA) is 183 Å². The molecule has 4 N–H and O–H groups in total. The highest BCUT2D eigenvalue weighted by Gasteiger charge is 2.54. The number of methoxy groups -OCH3 is 1. The van der Waals surface area contributed by atoms with E-state index in [1.807, 2.05) is 0 Å². The zero-order valence-electron chi connectivity index (χ0n) is 18.6. The quantitative estimate of drug-likeness (QED) is 0.192. The van der Waals surface area contributed by atoms with E-state index in [2.05, 4.69) is 15.5 Å². The maximum atomic E-state index is 12.9. The first kappa shape index (κ1) is 24.3. The number of aromatic nitrogens is 1. The molecule has 3 aliphatic heterocycles. The monoisotopic (exact) mass is 521 g/mol. The van der Waals surface area contributed by atoms with Gasteiger partial charge in [0.05, 0.1) is 12.7 Å². The van der Waals surface area contributed by atoms with Crippen LogP contribution in [0.1, 0.15) is 12.6 Å². The average Bonchev–Trinajstić information content (AvgIpc) is 3.37. The van der Waals surface area contributed by atoms with Crippen LogP contribution in [-0.2, 0) is 33.5 Å². The lowest BCUT2D eigenvalue weighted by Crippen LogP contribution is -2.71. The van der Waals surface area contributed by atoms with Crippen LogP contribution in [0.5, 0.6) is 0 Å². The molecule has 0 saturated carbocycles. The number of thiazole rings is 1. The van der Waals surface area contributed by atoms with Crippen molar-refractivity contribution in [1.82, 2.24) is 15.2 Å². The van der Waals surface area contributed by atoms with Crippen molar-refractivity contribution in [3.63, 3.8) is 0 Å². The Morgan fingerprint density at radius 2 is 2.14 bits per heavy atom. The predicted octanol–water partition coefficient (Wildman–Crippen LogP) is 0.176. The van der Waals surface area contributed by atoms with Gasteiger partial charge in [0.2, 0.25) is 0 Å². The number of carboxylic acid groups (broad SMARTS) is 1. The van der Waals surface area contributed by atoms with Crippen molar-refractivity contribution in [2.45, 2.75) is 18.3 Å². The smallest absolute Gasteiger partial charge is 0.352 e. The number of thioether (sulfide) groups is 1. The second-order valence-electron chi connectivity index (χ2n) is 7.29. The van der Waals surface area contributed by atoms with Gasteiger partial charge in [-0.15, -0.1) is 23.1 Å². The molecule has 0 unspecified atom stereocenters. The third-order valence-corrected chi connectivity index (χ3v) is 7.21. The van der Waals surface area contributed by atoms with Crippen LogP contribution in [0.2, 0.25) is 0 Å². The number of anilines is 1. The van der Waals surface area contributed by atoms with E-state index >= 15 is 0 Å². The molecule has 1 fully saturated rings. The number of hydrogen-bond donors (Lipinski definition) is 3.